The molecule has 0 aliphatic heterocycles. The van der Waals surface area contributed by atoms with E-state index in [-0.39, 0.29) is 0 Å². The maximum atomic E-state index is 4.87. The van der Waals surface area contributed by atoms with Crippen molar-refractivity contribution in [2.45, 2.75) is 58.9 Å². The Morgan fingerprint density at radius 3 is 2.59 bits per heavy atom. The summed E-state index contributed by atoms with van der Waals surface area (Å²) in [4.78, 5) is 6.34. The molecule has 1 saturated carbocycles. The van der Waals surface area contributed by atoms with Gasteiger partial charge in [-0.05, 0) is 38.1 Å². The van der Waals surface area contributed by atoms with E-state index in [2.05, 4.69) is 26.1 Å². The van der Waals surface area contributed by atoms with E-state index in [0.717, 1.165) is 18.9 Å². The van der Waals surface area contributed by atoms with Gasteiger partial charge in [0.1, 0.15) is 0 Å². The van der Waals surface area contributed by atoms with Gasteiger partial charge in [-0.3, -0.25) is 0 Å². The molecule has 0 aromatic carbocycles. The summed E-state index contributed by atoms with van der Waals surface area (Å²) >= 11 is 1.92. The molecular formula is C14H24N2S. The smallest absolute Gasteiger partial charge is 0.0931 e. The van der Waals surface area contributed by atoms with Crippen molar-refractivity contribution in [1.82, 2.24) is 10.3 Å². The minimum absolute atomic E-state index is 0.411. The van der Waals surface area contributed by atoms with Crippen LogP contribution >= 0.6 is 11.3 Å². The van der Waals surface area contributed by atoms with E-state index in [1.807, 2.05) is 18.4 Å². The van der Waals surface area contributed by atoms with Crippen molar-refractivity contribution < 1.29 is 0 Å². The van der Waals surface area contributed by atoms with Gasteiger partial charge >= 0.3 is 0 Å². The molecule has 3 heteroatoms. The van der Waals surface area contributed by atoms with Gasteiger partial charge in [0, 0.05) is 17.3 Å². The summed E-state index contributed by atoms with van der Waals surface area (Å²) in [7, 11) is 2.02. The zero-order valence-electron chi connectivity index (χ0n) is 11.5. The van der Waals surface area contributed by atoms with Gasteiger partial charge < -0.3 is 5.32 Å². The van der Waals surface area contributed by atoms with Crippen molar-refractivity contribution in [2.24, 2.45) is 5.41 Å². The molecule has 0 atom stereocenters. The van der Waals surface area contributed by atoms with Gasteiger partial charge in [-0.1, -0.05) is 20.8 Å². The molecule has 1 heterocycles. The standard InChI is InChI=1S/C14H24N2S/c1-14(2,3)8-7-12-16-13(10-5-6-10)11(17-12)9-15-4/h10,15H,5-9H2,1-4H3. The molecule has 0 bridgehead atoms. The highest BCUT2D eigenvalue weighted by Crippen LogP contribution is 2.43. The lowest BCUT2D eigenvalue weighted by Crippen LogP contribution is -2.06. The van der Waals surface area contributed by atoms with Crippen LogP contribution in [-0.2, 0) is 13.0 Å². The molecule has 1 N–H and O–H groups in total. The van der Waals surface area contributed by atoms with Crippen molar-refractivity contribution in [3.05, 3.63) is 15.6 Å². The first-order chi connectivity index (χ1) is 7.99. The highest BCUT2D eigenvalue weighted by molar-refractivity contribution is 7.11. The van der Waals surface area contributed by atoms with Gasteiger partial charge in [-0.25, -0.2) is 4.98 Å². The van der Waals surface area contributed by atoms with E-state index in [4.69, 9.17) is 4.98 Å². The van der Waals surface area contributed by atoms with E-state index in [9.17, 15) is 0 Å². The summed E-state index contributed by atoms with van der Waals surface area (Å²) in [5.41, 5.74) is 1.81. The Kier molecular flexibility index (Phi) is 3.88. The fourth-order valence-electron chi connectivity index (χ4n) is 1.97. The molecule has 0 spiro atoms. The largest absolute Gasteiger partial charge is 0.315 e. The Labute approximate surface area is 109 Å². The third-order valence-corrected chi connectivity index (χ3v) is 4.29. The SMILES string of the molecule is CNCc1sc(CCC(C)(C)C)nc1C1CC1. The lowest BCUT2D eigenvalue weighted by atomic mass is 9.91. The number of hydrogen-bond acceptors (Lipinski definition) is 3. The third-order valence-electron chi connectivity index (χ3n) is 3.16. The Hall–Kier alpha value is -0.410. The lowest BCUT2D eigenvalue weighted by molar-refractivity contribution is 0.378. The van der Waals surface area contributed by atoms with Crippen LogP contribution in [0.15, 0.2) is 0 Å². The zero-order chi connectivity index (χ0) is 12.5. The van der Waals surface area contributed by atoms with Crippen LogP contribution in [0.3, 0.4) is 0 Å². The lowest BCUT2D eigenvalue weighted by Gasteiger charge is -2.16. The molecule has 17 heavy (non-hydrogen) atoms. The van der Waals surface area contributed by atoms with E-state index in [1.54, 1.807) is 0 Å². The van der Waals surface area contributed by atoms with Gasteiger partial charge in [0.05, 0.1) is 10.7 Å². The van der Waals surface area contributed by atoms with Crippen LogP contribution in [0, 0.1) is 5.41 Å². The summed E-state index contributed by atoms with van der Waals surface area (Å²) in [5.74, 6) is 0.776. The van der Waals surface area contributed by atoms with Gasteiger partial charge in [0.2, 0.25) is 0 Å². The second kappa shape index (κ2) is 5.07. The quantitative estimate of drug-likeness (QED) is 0.864. The molecule has 2 rings (SSSR count). The number of nitrogens with zero attached hydrogens (tertiary/aromatic N) is 1. The van der Waals surface area contributed by atoms with Crippen molar-refractivity contribution in [3.8, 4) is 0 Å². The van der Waals surface area contributed by atoms with E-state index in [0.29, 0.717) is 5.41 Å². The summed E-state index contributed by atoms with van der Waals surface area (Å²) in [6.07, 6.45) is 5.06. The predicted octanol–water partition coefficient (Wildman–Crippen LogP) is 3.72. The molecule has 1 aliphatic rings. The minimum atomic E-state index is 0.411. The first kappa shape index (κ1) is 13.0. The maximum absolute atomic E-state index is 4.87. The predicted molar refractivity (Wildman–Crippen MR) is 74.6 cm³/mol. The number of hydrogen-bond donors (Lipinski definition) is 1. The molecule has 0 radical (unpaired) electrons. The van der Waals surface area contributed by atoms with E-state index < -0.39 is 0 Å². The Bertz CT molecular complexity index is 372. The molecule has 1 fully saturated rings. The van der Waals surface area contributed by atoms with Crippen molar-refractivity contribution in [3.63, 3.8) is 0 Å². The topological polar surface area (TPSA) is 24.9 Å². The van der Waals surface area contributed by atoms with Crippen LogP contribution in [-0.4, -0.2) is 12.0 Å². The van der Waals surface area contributed by atoms with E-state index in [1.165, 1.54) is 34.8 Å². The van der Waals surface area contributed by atoms with Crippen LogP contribution in [0.1, 0.15) is 61.5 Å². The van der Waals surface area contributed by atoms with Gasteiger partial charge in [0.25, 0.3) is 0 Å². The average molecular weight is 252 g/mol. The summed E-state index contributed by atoms with van der Waals surface area (Å²) < 4.78 is 0. The fraction of sp³-hybridized carbons (Fsp3) is 0.786. The normalized spacial score (nSPS) is 16.5. The van der Waals surface area contributed by atoms with Crippen molar-refractivity contribution >= 4 is 11.3 Å². The molecule has 1 aromatic heterocycles. The second-order valence-corrected chi connectivity index (χ2v) is 7.45. The van der Waals surface area contributed by atoms with Crippen molar-refractivity contribution in [1.29, 1.82) is 0 Å². The Morgan fingerprint density at radius 2 is 2.06 bits per heavy atom. The monoisotopic (exact) mass is 252 g/mol. The zero-order valence-corrected chi connectivity index (χ0v) is 12.3. The van der Waals surface area contributed by atoms with Gasteiger partial charge in [0.15, 0.2) is 0 Å². The van der Waals surface area contributed by atoms with Crippen LogP contribution < -0.4 is 5.32 Å². The molecule has 0 saturated heterocycles. The molecular weight excluding hydrogens is 228 g/mol. The van der Waals surface area contributed by atoms with Crippen LogP contribution in [0.2, 0.25) is 0 Å². The second-order valence-electron chi connectivity index (χ2n) is 6.28. The summed E-state index contributed by atoms with van der Waals surface area (Å²) in [5, 5.41) is 4.60. The number of aromatic nitrogens is 1. The number of thiazole rings is 1. The third kappa shape index (κ3) is 3.78. The van der Waals surface area contributed by atoms with Gasteiger partial charge in [-0.2, -0.15) is 0 Å². The highest BCUT2D eigenvalue weighted by atomic mass is 32.1. The number of rotatable bonds is 5. The number of nitrogens with one attached hydrogen (secondary N) is 1. The van der Waals surface area contributed by atoms with Crippen LogP contribution in [0.4, 0.5) is 0 Å². The highest BCUT2D eigenvalue weighted by Gasteiger charge is 2.29. The van der Waals surface area contributed by atoms with Crippen molar-refractivity contribution in [2.75, 3.05) is 7.05 Å². The molecule has 1 aliphatic carbocycles. The minimum Gasteiger partial charge on any atom is -0.315 e. The van der Waals surface area contributed by atoms with Crippen LogP contribution in [0.5, 0.6) is 0 Å². The first-order valence-electron chi connectivity index (χ1n) is 6.62. The fourth-order valence-corrected chi connectivity index (χ4v) is 3.13. The molecule has 1 aromatic rings. The molecule has 96 valence electrons. The van der Waals surface area contributed by atoms with E-state index >= 15 is 0 Å². The molecule has 0 unspecified atom stereocenters. The number of aryl methyl sites for hydroxylation is 1. The Balaban J connectivity index is 2.05. The van der Waals surface area contributed by atoms with Gasteiger partial charge in [-0.15, -0.1) is 11.3 Å². The molecule has 0 amide bonds. The Morgan fingerprint density at radius 1 is 1.35 bits per heavy atom. The van der Waals surface area contributed by atoms with Crippen LogP contribution in [0.25, 0.3) is 0 Å². The average Bonchev–Trinajstić information content (AvgIpc) is 2.98. The summed E-state index contributed by atoms with van der Waals surface area (Å²) in [6.45, 7) is 7.89. The molecule has 2 nitrogen and oxygen atoms in total. The summed E-state index contributed by atoms with van der Waals surface area (Å²) in [6, 6.07) is 0. The maximum Gasteiger partial charge on any atom is 0.0931 e. The first-order valence-corrected chi connectivity index (χ1v) is 7.44.